The highest BCUT2D eigenvalue weighted by atomic mass is 32.2. The van der Waals surface area contributed by atoms with E-state index in [2.05, 4.69) is 28.7 Å². The molecule has 0 aliphatic rings. The Morgan fingerprint density at radius 1 is 1.14 bits per heavy atom. The Labute approximate surface area is 169 Å². The summed E-state index contributed by atoms with van der Waals surface area (Å²) < 4.78 is 35.5. The normalized spacial score (nSPS) is 11.4. The molecule has 0 saturated carbocycles. The van der Waals surface area contributed by atoms with Crippen LogP contribution in [0.15, 0.2) is 53.1 Å². The minimum atomic E-state index is -3.53. The highest BCUT2D eigenvalue weighted by Crippen LogP contribution is 2.21. The lowest BCUT2D eigenvalue weighted by molar-refractivity contribution is 0.0431. The molecule has 0 amide bonds. The maximum absolute atomic E-state index is 12.4. The summed E-state index contributed by atoms with van der Waals surface area (Å²) in [6.07, 6.45) is 1.00. The van der Waals surface area contributed by atoms with E-state index in [1.165, 1.54) is 17.7 Å². The lowest BCUT2D eigenvalue weighted by Gasteiger charge is -2.09. The average molecular weight is 415 g/mol. The van der Waals surface area contributed by atoms with Crippen molar-refractivity contribution in [1.29, 1.82) is 0 Å². The molecule has 0 radical (unpaired) electrons. The second-order valence-corrected chi connectivity index (χ2v) is 8.53. The molecule has 2 aromatic carbocycles. The van der Waals surface area contributed by atoms with E-state index < -0.39 is 16.0 Å². The van der Waals surface area contributed by atoms with Crippen LogP contribution in [-0.4, -0.2) is 30.8 Å². The lowest BCUT2D eigenvalue weighted by atomic mass is 10.0. The third kappa shape index (κ3) is 5.41. The third-order valence-electron chi connectivity index (χ3n) is 4.07. The molecule has 0 spiro atoms. The first-order valence-corrected chi connectivity index (χ1v) is 10.8. The highest BCUT2D eigenvalue weighted by Gasteiger charge is 2.17. The quantitative estimate of drug-likeness (QED) is 0.587. The van der Waals surface area contributed by atoms with Crippen LogP contribution in [0.1, 0.15) is 41.6 Å². The van der Waals surface area contributed by atoms with E-state index in [0.29, 0.717) is 11.7 Å². The summed E-state index contributed by atoms with van der Waals surface area (Å²) >= 11 is 0. The van der Waals surface area contributed by atoms with Crippen LogP contribution in [0.25, 0.3) is 11.4 Å². The Balaban J connectivity index is 1.68. The number of benzene rings is 2. The van der Waals surface area contributed by atoms with E-state index >= 15 is 0 Å². The van der Waals surface area contributed by atoms with Crippen LogP contribution < -0.4 is 4.72 Å². The number of sulfonamides is 1. The van der Waals surface area contributed by atoms with Gasteiger partial charge in [0.05, 0.1) is 17.5 Å². The van der Waals surface area contributed by atoms with E-state index in [1.54, 1.807) is 12.1 Å². The molecule has 1 aromatic heterocycles. The van der Waals surface area contributed by atoms with Crippen molar-refractivity contribution in [3.05, 3.63) is 65.5 Å². The molecule has 8 nitrogen and oxygen atoms in total. The first-order valence-electron chi connectivity index (χ1n) is 8.90. The minimum Gasteiger partial charge on any atom is -0.452 e. The fourth-order valence-corrected chi connectivity index (χ4v) is 3.18. The van der Waals surface area contributed by atoms with E-state index in [-0.39, 0.29) is 23.7 Å². The number of carbonyl (C=O) groups excluding carboxylic acids is 1. The number of anilines is 1. The maximum atomic E-state index is 12.4. The van der Waals surface area contributed by atoms with Gasteiger partial charge < -0.3 is 9.26 Å². The van der Waals surface area contributed by atoms with Crippen molar-refractivity contribution in [1.82, 2.24) is 10.1 Å². The number of esters is 1. The molecule has 29 heavy (non-hydrogen) atoms. The topological polar surface area (TPSA) is 111 Å². The zero-order valence-corrected chi connectivity index (χ0v) is 17.1. The number of carbonyl (C=O) groups is 1. The predicted molar refractivity (Wildman–Crippen MR) is 108 cm³/mol. The zero-order chi connectivity index (χ0) is 21.0. The number of aromatic nitrogens is 2. The number of hydrogen-bond donors (Lipinski definition) is 1. The SMILES string of the molecule is CC(C)c1ccc(-c2noc(COC(=O)c3ccccc3NS(C)(=O)=O)n2)cc1. The molecule has 9 heteroatoms. The number of nitrogens with zero attached hydrogens (tertiary/aromatic N) is 2. The Hall–Kier alpha value is -3.20. The summed E-state index contributed by atoms with van der Waals surface area (Å²) in [5.74, 6) is 0.238. The summed E-state index contributed by atoms with van der Waals surface area (Å²) in [7, 11) is -3.53. The van der Waals surface area contributed by atoms with Crippen molar-refractivity contribution >= 4 is 21.7 Å². The molecule has 0 unspecified atom stereocenters. The van der Waals surface area contributed by atoms with Gasteiger partial charge in [-0.2, -0.15) is 4.98 Å². The summed E-state index contributed by atoms with van der Waals surface area (Å²) in [4.78, 5) is 16.6. The molecule has 0 aliphatic carbocycles. The van der Waals surface area contributed by atoms with Crippen LogP contribution in [-0.2, 0) is 21.4 Å². The first-order chi connectivity index (χ1) is 13.7. The standard InChI is InChI=1S/C20H21N3O5S/c1-13(2)14-8-10-15(11-9-14)19-21-18(28-22-19)12-27-20(24)16-6-4-5-7-17(16)23-29(3,25)26/h4-11,13,23H,12H2,1-3H3. The van der Waals surface area contributed by atoms with Crippen molar-refractivity contribution in [3.63, 3.8) is 0 Å². The third-order valence-corrected chi connectivity index (χ3v) is 4.66. The van der Waals surface area contributed by atoms with E-state index in [1.807, 2.05) is 24.3 Å². The lowest BCUT2D eigenvalue weighted by Crippen LogP contribution is -2.14. The minimum absolute atomic E-state index is 0.0851. The van der Waals surface area contributed by atoms with E-state index in [9.17, 15) is 13.2 Å². The van der Waals surface area contributed by atoms with Crippen LogP contribution in [0.3, 0.4) is 0 Å². The van der Waals surface area contributed by atoms with Crippen LogP contribution in [0.5, 0.6) is 0 Å². The average Bonchev–Trinajstić information content (AvgIpc) is 3.14. The van der Waals surface area contributed by atoms with Gasteiger partial charge in [-0.25, -0.2) is 13.2 Å². The smallest absolute Gasteiger partial charge is 0.340 e. The fourth-order valence-electron chi connectivity index (χ4n) is 2.60. The predicted octanol–water partition coefficient (Wildman–Crippen LogP) is 3.59. The van der Waals surface area contributed by atoms with Gasteiger partial charge in [-0.1, -0.05) is 55.4 Å². The first kappa shape index (κ1) is 20.5. The fraction of sp³-hybridized carbons (Fsp3) is 0.250. The summed E-state index contributed by atoms with van der Waals surface area (Å²) in [5, 5.41) is 3.91. The molecule has 1 heterocycles. The Bertz CT molecular complexity index is 1110. The Morgan fingerprint density at radius 2 is 1.83 bits per heavy atom. The van der Waals surface area contributed by atoms with Gasteiger partial charge in [-0.05, 0) is 23.6 Å². The highest BCUT2D eigenvalue weighted by molar-refractivity contribution is 7.92. The van der Waals surface area contributed by atoms with Gasteiger partial charge in [0.2, 0.25) is 15.8 Å². The van der Waals surface area contributed by atoms with Crippen LogP contribution in [0.2, 0.25) is 0 Å². The van der Waals surface area contributed by atoms with Gasteiger partial charge in [-0.15, -0.1) is 0 Å². The molecule has 3 aromatic rings. The van der Waals surface area contributed by atoms with Gasteiger partial charge in [0.1, 0.15) is 0 Å². The van der Waals surface area contributed by atoms with Crippen LogP contribution in [0.4, 0.5) is 5.69 Å². The second kappa shape index (κ2) is 8.44. The number of para-hydroxylation sites is 1. The van der Waals surface area contributed by atoms with Gasteiger partial charge in [0.15, 0.2) is 6.61 Å². The molecule has 0 fully saturated rings. The molecule has 0 aliphatic heterocycles. The van der Waals surface area contributed by atoms with Crippen LogP contribution >= 0.6 is 0 Å². The van der Waals surface area contributed by atoms with Crippen molar-refractivity contribution in [2.24, 2.45) is 0 Å². The van der Waals surface area contributed by atoms with Crippen molar-refractivity contribution in [2.45, 2.75) is 26.4 Å². The molecule has 0 saturated heterocycles. The zero-order valence-electron chi connectivity index (χ0n) is 16.2. The second-order valence-electron chi connectivity index (χ2n) is 6.78. The molecular formula is C20H21N3O5S. The van der Waals surface area contributed by atoms with Crippen molar-refractivity contribution in [3.8, 4) is 11.4 Å². The van der Waals surface area contributed by atoms with Gasteiger partial charge >= 0.3 is 5.97 Å². The molecule has 0 atom stereocenters. The summed E-state index contributed by atoms with van der Waals surface area (Å²) in [6.45, 7) is 3.99. The molecule has 152 valence electrons. The summed E-state index contributed by atoms with van der Waals surface area (Å²) in [5.41, 5.74) is 2.21. The van der Waals surface area contributed by atoms with Gasteiger partial charge in [0.25, 0.3) is 5.89 Å². The van der Waals surface area contributed by atoms with E-state index in [0.717, 1.165) is 11.8 Å². The molecule has 1 N–H and O–H groups in total. The monoisotopic (exact) mass is 415 g/mol. The number of nitrogens with one attached hydrogen (secondary N) is 1. The van der Waals surface area contributed by atoms with Gasteiger partial charge in [-0.3, -0.25) is 4.72 Å². The van der Waals surface area contributed by atoms with Crippen LogP contribution in [0, 0.1) is 0 Å². The summed E-state index contributed by atoms with van der Waals surface area (Å²) in [6, 6.07) is 14.0. The number of hydrogen-bond acceptors (Lipinski definition) is 7. The maximum Gasteiger partial charge on any atom is 0.340 e. The largest absolute Gasteiger partial charge is 0.452 e. The Morgan fingerprint density at radius 3 is 2.48 bits per heavy atom. The molecule has 0 bridgehead atoms. The molecule has 3 rings (SSSR count). The Kier molecular flexibility index (Phi) is 5.97. The van der Waals surface area contributed by atoms with E-state index in [4.69, 9.17) is 9.26 Å². The molecular weight excluding hydrogens is 394 g/mol. The number of ether oxygens (including phenoxy) is 1. The van der Waals surface area contributed by atoms with Crippen molar-refractivity contribution < 1.29 is 22.5 Å². The van der Waals surface area contributed by atoms with Crippen molar-refractivity contribution in [2.75, 3.05) is 11.0 Å². The van der Waals surface area contributed by atoms with Gasteiger partial charge in [0, 0.05) is 5.56 Å². The number of rotatable bonds is 7.